The summed E-state index contributed by atoms with van der Waals surface area (Å²) in [4.78, 5) is 3.96. The third-order valence-electron chi connectivity index (χ3n) is 4.31. The third-order valence-corrected chi connectivity index (χ3v) is 4.31. The lowest BCUT2D eigenvalue weighted by molar-refractivity contribution is 0.149. The largest absolute Gasteiger partial charge is 0.476 e. The van der Waals surface area contributed by atoms with Crippen LogP contribution < -0.4 is 10.1 Å². The molecular formula is C15H19N5O. The molecule has 0 saturated carbocycles. The number of fused-ring (bicyclic) bond motifs is 1. The van der Waals surface area contributed by atoms with Gasteiger partial charge in [0.25, 0.3) is 0 Å². The van der Waals surface area contributed by atoms with Crippen molar-refractivity contribution < 1.29 is 4.74 Å². The maximum absolute atomic E-state index is 6.05. The molecule has 2 aliphatic rings. The first-order valence-corrected chi connectivity index (χ1v) is 7.35. The van der Waals surface area contributed by atoms with Crippen molar-refractivity contribution in [2.24, 2.45) is 5.92 Å². The number of aromatic nitrogens is 3. The Balaban J connectivity index is 1.50. The van der Waals surface area contributed by atoms with Gasteiger partial charge in [0.05, 0.1) is 12.4 Å². The van der Waals surface area contributed by atoms with E-state index in [-0.39, 0.29) is 0 Å². The minimum Gasteiger partial charge on any atom is -0.476 e. The Hall–Kier alpha value is -1.92. The number of hydrogen-bond donors (Lipinski definition) is 1. The number of nitrogens with zero attached hydrogens (tertiary/aromatic N) is 4. The molecule has 21 heavy (non-hydrogen) atoms. The number of nitrogens with one attached hydrogen (secondary N) is 1. The fraction of sp³-hybridized carbons (Fsp3) is 0.467. The molecule has 6 heteroatoms. The third kappa shape index (κ3) is 2.41. The van der Waals surface area contributed by atoms with Gasteiger partial charge in [0.1, 0.15) is 18.2 Å². The smallest absolute Gasteiger partial charge is 0.149 e. The van der Waals surface area contributed by atoms with Gasteiger partial charge in [-0.25, -0.2) is 0 Å². The van der Waals surface area contributed by atoms with Gasteiger partial charge >= 0.3 is 0 Å². The van der Waals surface area contributed by atoms with Crippen LogP contribution in [0.15, 0.2) is 30.6 Å². The second-order valence-corrected chi connectivity index (χ2v) is 5.87. The maximum atomic E-state index is 6.05. The second-order valence-electron chi connectivity index (χ2n) is 5.87. The maximum Gasteiger partial charge on any atom is 0.149 e. The summed E-state index contributed by atoms with van der Waals surface area (Å²) in [7, 11) is 0. The predicted octanol–water partition coefficient (Wildman–Crippen LogP) is 0.816. The highest BCUT2D eigenvalue weighted by atomic mass is 16.5. The molecule has 1 aromatic heterocycles. The summed E-state index contributed by atoms with van der Waals surface area (Å²) in [6, 6.07) is 6.76. The lowest BCUT2D eigenvalue weighted by Crippen LogP contribution is -2.51. The molecule has 3 heterocycles. The van der Waals surface area contributed by atoms with E-state index in [1.165, 1.54) is 5.56 Å². The molecule has 4 rings (SSSR count). The van der Waals surface area contributed by atoms with Gasteiger partial charge in [-0.2, -0.15) is 10.2 Å². The van der Waals surface area contributed by atoms with Crippen molar-refractivity contribution in [3.8, 4) is 11.4 Å². The number of aryl methyl sites for hydroxylation is 1. The average Bonchev–Trinajstić information content (AvgIpc) is 3.07. The minimum absolute atomic E-state index is 0.617. The molecule has 110 valence electrons. The van der Waals surface area contributed by atoms with E-state index in [9.17, 15) is 0 Å². The molecule has 0 spiro atoms. The number of likely N-dealkylation sites (tertiary alicyclic amines) is 1. The number of ether oxygens (including phenoxy) is 1. The Morgan fingerprint density at radius 1 is 1.29 bits per heavy atom. The molecular weight excluding hydrogens is 266 g/mol. The van der Waals surface area contributed by atoms with E-state index in [1.54, 1.807) is 17.2 Å². The van der Waals surface area contributed by atoms with Crippen molar-refractivity contribution in [3.05, 3.63) is 36.2 Å². The summed E-state index contributed by atoms with van der Waals surface area (Å²) in [5.74, 6) is 1.64. The van der Waals surface area contributed by atoms with E-state index in [0.29, 0.717) is 12.8 Å². The van der Waals surface area contributed by atoms with Crippen molar-refractivity contribution in [1.29, 1.82) is 0 Å². The summed E-state index contributed by atoms with van der Waals surface area (Å²) in [6.07, 6.45) is 3.35. The summed E-state index contributed by atoms with van der Waals surface area (Å²) in [6.45, 7) is 6.03. The van der Waals surface area contributed by atoms with Crippen LogP contribution in [0.5, 0.6) is 5.75 Å². The Labute approximate surface area is 123 Å². The van der Waals surface area contributed by atoms with E-state index in [4.69, 9.17) is 4.74 Å². The zero-order valence-electron chi connectivity index (χ0n) is 12.1. The van der Waals surface area contributed by atoms with Crippen LogP contribution >= 0.6 is 0 Å². The van der Waals surface area contributed by atoms with Crippen molar-refractivity contribution in [2.75, 3.05) is 26.4 Å². The zero-order chi connectivity index (χ0) is 14.2. The van der Waals surface area contributed by atoms with Gasteiger partial charge < -0.3 is 10.1 Å². The van der Waals surface area contributed by atoms with Crippen LogP contribution in [0.2, 0.25) is 0 Å². The van der Waals surface area contributed by atoms with E-state index in [1.807, 2.05) is 18.2 Å². The molecule has 2 aromatic rings. The van der Waals surface area contributed by atoms with Crippen LogP contribution in [-0.4, -0.2) is 52.3 Å². The van der Waals surface area contributed by atoms with E-state index >= 15 is 0 Å². The summed E-state index contributed by atoms with van der Waals surface area (Å²) >= 11 is 0. The van der Waals surface area contributed by atoms with Gasteiger partial charge in [0.2, 0.25) is 0 Å². The Morgan fingerprint density at radius 3 is 2.81 bits per heavy atom. The lowest BCUT2D eigenvalue weighted by atomic mass is 9.96. The fourth-order valence-electron chi connectivity index (χ4n) is 3.05. The summed E-state index contributed by atoms with van der Waals surface area (Å²) < 4.78 is 6.05. The normalized spacial score (nSPS) is 24.6. The SMILES string of the molecule is Cc1ccc(-n2nccn2)c(OCN2CC3CNC3C2)c1. The van der Waals surface area contributed by atoms with Crippen LogP contribution in [0.1, 0.15) is 5.56 Å². The van der Waals surface area contributed by atoms with E-state index in [2.05, 4.69) is 27.3 Å². The molecule has 0 aliphatic carbocycles. The molecule has 0 radical (unpaired) electrons. The number of hydrogen-bond acceptors (Lipinski definition) is 5. The average molecular weight is 285 g/mol. The van der Waals surface area contributed by atoms with Crippen molar-refractivity contribution >= 4 is 0 Å². The first-order chi connectivity index (χ1) is 10.3. The molecule has 2 aliphatic heterocycles. The first-order valence-electron chi connectivity index (χ1n) is 7.35. The Kier molecular flexibility index (Phi) is 3.12. The van der Waals surface area contributed by atoms with E-state index in [0.717, 1.165) is 37.0 Å². The van der Waals surface area contributed by atoms with Gasteiger partial charge in [-0.15, -0.1) is 4.80 Å². The standard InChI is InChI=1S/C15H19N5O/c1-11-2-3-14(20-17-4-5-18-20)15(6-11)21-10-19-8-12-7-16-13(12)9-19/h2-6,12-13,16H,7-10H2,1H3. The number of rotatable bonds is 4. The molecule has 2 fully saturated rings. The minimum atomic E-state index is 0.617. The zero-order valence-corrected chi connectivity index (χ0v) is 12.1. The number of benzene rings is 1. The van der Waals surface area contributed by atoms with Crippen LogP contribution in [0.3, 0.4) is 0 Å². The van der Waals surface area contributed by atoms with Gasteiger partial charge in [0, 0.05) is 31.6 Å². The molecule has 0 amide bonds. The predicted molar refractivity (Wildman–Crippen MR) is 78.4 cm³/mol. The topological polar surface area (TPSA) is 55.2 Å². The van der Waals surface area contributed by atoms with Crippen LogP contribution in [-0.2, 0) is 0 Å². The second kappa shape index (κ2) is 5.13. The summed E-state index contributed by atoms with van der Waals surface area (Å²) in [5.41, 5.74) is 2.05. The highest BCUT2D eigenvalue weighted by Crippen LogP contribution is 2.26. The van der Waals surface area contributed by atoms with E-state index < -0.39 is 0 Å². The lowest BCUT2D eigenvalue weighted by Gasteiger charge is -2.30. The van der Waals surface area contributed by atoms with Crippen molar-refractivity contribution in [2.45, 2.75) is 13.0 Å². The van der Waals surface area contributed by atoms with Crippen molar-refractivity contribution in [3.63, 3.8) is 0 Å². The van der Waals surface area contributed by atoms with Crippen molar-refractivity contribution in [1.82, 2.24) is 25.2 Å². The monoisotopic (exact) mass is 285 g/mol. The molecule has 1 aromatic carbocycles. The fourth-order valence-corrected chi connectivity index (χ4v) is 3.05. The molecule has 6 nitrogen and oxygen atoms in total. The van der Waals surface area contributed by atoms with Gasteiger partial charge in [-0.05, 0) is 24.6 Å². The molecule has 1 N–H and O–H groups in total. The Morgan fingerprint density at radius 2 is 2.14 bits per heavy atom. The molecule has 2 unspecified atom stereocenters. The van der Waals surface area contributed by atoms with Gasteiger partial charge in [0.15, 0.2) is 0 Å². The summed E-state index contributed by atoms with van der Waals surface area (Å²) in [5, 5.41) is 11.8. The molecule has 2 saturated heterocycles. The van der Waals surface area contributed by atoms with Gasteiger partial charge in [-0.3, -0.25) is 4.90 Å². The highest BCUT2D eigenvalue weighted by Gasteiger charge is 2.38. The van der Waals surface area contributed by atoms with Gasteiger partial charge in [-0.1, -0.05) is 6.07 Å². The van der Waals surface area contributed by atoms with Crippen LogP contribution in [0.4, 0.5) is 0 Å². The molecule has 0 bridgehead atoms. The van der Waals surface area contributed by atoms with Crippen LogP contribution in [0, 0.1) is 12.8 Å². The highest BCUT2D eigenvalue weighted by molar-refractivity contribution is 5.47. The Bertz CT molecular complexity index is 615. The molecule has 2 atom stereocenters. The van der Waals surface area contributed by atoms with Crippen LogP contribution in [0.25, 0.3) is 5.69 Å². The first kappa shape index (κ1) is 12.8. The quantitative estimate of drug-likeness (QED) is 0.901.